The van der Waals surface area contributed by atoms with Crippen LogP contribution in [0.4, 0.5) is 0 Å². The number of unbranched alkanes of at least 4 members (excludes halogenated alkanes) is 2. The molecule has 0 atom stereocenters. The van der Waals surface area contributed by atoms with Crippen LogP contribution in [0.5, 0.6) is 0 Å². The third-order valence-electron chi connectivity index (χ3n) is 2.88. The van der Waals surface area contributed by atoms with Crippen LogP contribution in [0, 0.1) is 5.41 Å². The fourth-order valence-corrected chi connectivity index (χ4v) is 1.85. The van der Waals surface area contributed by atoms with Gasteiger partial charge in [-0.15, -0.1) is 0 Å². The fourth-order valence-electron chi connectivity index (χ4n) is 1.85. The molecule has 4 heteroatoms. The zero-order valence-corrected chi connectivity index (χ0v) is 10.0. The van der Waals surface area contributed by atoms with Gasteiger partial charge in [0.2, 0.25) is 5.41 Å². The number of carbonyl (C=O) groups excluding carboxylic acids is 2. The maximum atomic E-state index is 11.6. The lowest BCUT2D eigenvalue weighted by molar-refractivity contribution is -0.159. The van der Waals surface area contributed by atoms with E-state index in [1.54, 1.807) is 6.08 Å². The van der Waals surface area contributed by atoms with Gasteiger partial charge in [0.15, 0.2) is 0 Å². The second-order valence-electron chi connectivity index (χ2n) is 3.92. The first-order valence-electron chi connectivity index (χ1n) is 5.52. The molecule has 0 N–H and O–H groups in total. The number of carbonyl (C=O) groups is 2. The van der Waals surface area contributed by atoms with Crippen molar-refractivity contribution in [3.8, 4) is 0 Å². The minimum absolute atomic E-state index is 0.536. The molecule has 0 amide bonds. The van der Waals surface area contributed by atoms with E-state index in [1.165, 1.54) is 14.2 Å². The quantitative estimate of drug-likeness (QED) is 0.300. The van der Waals surface area contributed by atoms with E-state index >= 15 is 0 Å². The van der Waals surface area contributed by atoms with Gasteiger partial charge in [-0.2, -0.15) is 0 Å². The Kier molecular flexibility index (Phi) is 4.10. The smallest absolute Gasteiger partial charge is 0.331 e. The molecule has 0 aromatic carbocycles. The topological polar surface area (TPSA) is 52.6 Å². The van der Waals surface area contributed by atoms with E-state index in [-0.39, 0.29) is 0 Å². The maximum absolute atomic E-state index is 11.6. The predicted molar refractivity (Wildman–Crippen MR) is 58.7 cm³/mol. The minimum atomic E-state index is -1.20. The molecular formula is C12H18O4. The van der Waals surface area contributed by atoms with Crippen molar-refractivity contribution in [3.63, 3.8) is 0 Å². The fraction of sp³-hybridized carbons (Fsp3) is 0.667. The van der Waals surface area contributed by atoms with Crippen LogP contribution >= 0.6 is 0 Å². The van der Waals surface area contributed by atoms with Gasteiger partial charge in [0, 0.05) is 0 Å². The van der Waals surface area contributed by atoms with Crippen molar-refractivity contribution in [3.05, 3.63) is 11.6 Å². The number of hydrogen-bond acceptors (Lipinski definition) is 4. The first-order valence-corrected chi connectivity index (χ1v) is 5.52. The Hall–Kier alpha value is -1.32. The molecule has 0 aromatic rings. The molecule has 0 fully saturated rings. The first-order chi connectivity index (χ1) is 7.63. The molecular weight excluding hydrogens is 208 g/mol. The van der Waals surface area contributed by atoms with Gasteiger partial charge in [0.1, 0.15) is 0 Å². The van der Waals surface area contributed by atoms with E-state index in [0.717, 1.165) is 31.3 Å². The molecule has 90 valence electrons. The number of rotatable bonds is 6. The summed E-state index contributed by atoms with van der Waals surface area (Å²) in [5.74, 6) is -1.07. The van der Waals surface area contributed by atoms with Crippen LogP contribution in [0.3, 0.4) is 0 Å². The maximum Gasteiger partial charge on any atom is 0.331 e. The third-order valence-corrected chi connectivity index (χ3v) is 2.88. The second-order valence-corrected chi connectivity index (χ2v) is 3.92. The zero-order chi connectivity index (χ0) is 12.2. The molecule has 4 nitrogen and oxygen atoms in total. The van der Waals surface area contributed by atoms with Crippen molar-refractivity contribution in [2.45, 2.75) is 32.6 Å². The van der Waals surface area contributed by atoms with Crippen LogP contribution in [0.2, 0.25) is 0 Å². The summed E-state index contributed by atoms with van der Waals surface area (Å²) in [6, 6.07) is 0. The molecule has 1 aliphatic carbocycles. The van der Waals surface area contributed by atoms with E-state index in [0.29, 0.717) is 0 Å². The first kappa shape index (κ1) is 12.7. The summed E-state index contributed by atoms with van der Waals surface area (Å²) in [6.07, 6.45) is 5.60. The van der Waals surface area contributed by atoms with Gasteiger partial charge in [-0.05, 0) is 18.4 Å². The van der Waals surface area contributed by atoms with E-state index in [9.17, 15) is 9.59 Å². The summed E-state index contributed by atoms with van der Waals surface area (Å²) < 4.78 is 9.29. The second kappa shape index (κ2) is 5.14. The minimum Gasteiger partial charge on any atom is -0.468 e. The van der Waals surface area contributed by atoms with Gasteiger partial charge in [0.25, 0.3) is 0 Å². The monoisotopic (exact) mass is 226 g/mol. The van der Waals surface area contributed by atoms with E-state index < -0.39 is 17.4 Å². The molecule has 0 heterocycles. The molecule has 0 saturated heterocycles. The SMILES string of the molecule is CCCCCC1=CC1(C(=O)OC)C(=O)OC. The standard InChI is InChI=1S/C12H18O4/c1-4-5-6-7-9-8-12(9,10(13)15-2)11(14)16-3/h8H,4-7H2,1-3H3. The van der Waals surface area contributed by atoms with Gasteiger partial charge in [-0.25, -0.2) is 0 Å². The number of esters is 2. The number of methoxy groups -OCH3 is 2. The van der Waals surface area contributed by atoms with Crippen molar-refractivity contribution >= 4 is 11.9 Å². The van der Waals surface area contributed by atoms with Crippen LogP contribution in [-0.2, 0) is 19.1 Å². The van der Waals surface area contributed by atoms with Crippen molar-refractivity contribution < 1.29 is 19.1 Å². The lowest BCUT2D eigenvalue weighted by Crippen LogP contribution is -2.31. The van der Waals surface area contributed by atoms with Crippen LogP contribution in [0.15, 0.2) is 11.6 Å². The number of hydrogen-bond donors (Lipinski definition) is 0. The average Bonchev–Trinajstić information content (AvgIpc) is 3.03. The van der Waals surface area contributed by atoms with Crippen molar-refractivity contribution in [2.24, 2.45) is 5.41 Å². The summed E-state index contributed by atoms with van der Waals surface area (Å²) in [4.78, 5) is 23.1. The van der Waals surface area contributed by atoms with Crippen molar-refractivity contribution in [1.82, 2.24) is 0 Å². The Morgan fingerprint density at radius 1 is 1.19 bits per heavy atom. The van der Waals surface area contributed by atoms with Crippen LogP contribution in [0.25, 0.3) is 0 Å². The highest BCUT2D eigenvalue weighted by Gasteiger charge is 2.59. The molecule has 0 aliphatic heterocycles. The highest BCUT2D eigenvalue weighted by Crippen LogP contribution is 2.49. The molecule has 0 spiro atoms. The summed E-state index contributed by atoms with van der Waals surface area (Å²) in [6.45, 7) is 2.11. The van der Waals surface area contributed by atoms with Gasteiger partial charge >= 0.3 is 11.9 Å². The Bertz CT molecular complexity index is 301. The molecule has 16 heavy (non-hydrogen) atoms. The molecule has 0 saturated carbocycles. The summed E-state index contributed by atoms with van der Waals surface area (Å²) in [5, 5.41) is 0. The zero-order valence-electron chi connectivity index (χ0n) is 10.0. The summed E-state index contributed by atoms with van der Waals surface area (Å²) in [7, 11) is 2.56. The normalized spacial score (nSPS) is 16.3. The number of ether oxygens (including phenoxy) is 2. The van der Waals surface area contributed by atoms with Crippen LogP contribution < -0.4 is 0 Å². The Morgan fingerprint density at radius 3 is 2.19 bits per heavy atom. The molecule has 1 rings (SSSR count). The van der Waals surface area contributed by atoms with Crippen molar-refractivity contribution in [2.75, 3.05) is 14.2 Å². The molecule has 0 bridgehead atoms. The van der Waals surface area contributed by atoms with Crippen molar-refractivity contribution in [1.29, 1.82) is 0 Å². The van der Waals surface area contributed by atoms with Crippen LogP contribution in [-0.4, -0.2) is 26.2 Å². The summed E-state index contributed by atoms with van der Waals surface area (Å²) >= 11 is 0. The molecule has 0 unspecified atom stereocenters. The predicted octanol–water partition coefficient (Wildman–Crippen LogP) is 1.84. The average molecular weight is 226 g/mol. The van der Waals surface area contributed by atoms with E-state index in [1.807, 2.05) is 0 Å². The van der Waals surface area contributed by atoms with E-state index in [2.05, 4.69) is 16.4 Å². The Balaban J connectivity index is 2.60. The van der Waals surface area contributed by atoms with Gasteiger partial charge < -0.3 is 9.47 Å². The van der Waals surface area contributed by atoms with Gasteiger partial charge in [-0.3, -0.25) is 9.59 Å². The highest BCUT2D eigenvalue weighted by molar-refractivity contribution is 6.10. The van der Waals surface area contributed by atoms with Crippen LogP contribution in [0.1, 0.15) is 32.6 Å². The lowest BCUT2D eigenvalue weighted by atomic mass is 9.97. The Morgan fingerprint density at radius 2 is 1.75 bits per heavy atom. The summed E-state index contributed by atoms with van der Waals surface area (Å²) in [5.41, 5.74) is -0.364. The van der Waals surface area contributed by atoms with E-state index in [4.69, 9.17) is 0 Å². The van der Waals surface area contributed by atoms with Gasteiger partial charge in [0.05, 0.1) is 14.2 Å². The molecule has 0 radical (unpaired) electrons. The van der Waals surface area contributed by atoms with Gasteiger partial charge in [-0.1, -0.05) is 25.8 Å². The highest BCUT2D eigenvalue weighted by atomic mass is 16.5. The molecule has 0 aromatic heterocycles. The lowest BCUT2D eigenvalue weighted by Gasteiger charge is -2.13. The Labute approximate surface area is 95.6 Å². The largest absolute Gasteiger partial charge is 0.468 e. The third kappa shape index (κ3) is 2.10. The molecule has 1 aliphatic rings.